The van der Waals surface area contributed by atoms with Crippen LogP contribution in [0.15, 0.2) is 41.6 Å². The Bertz CT molecular complexity index is 867. The lowest BCUT2D eigenvalue weighted by atomic mass is 10.1. The minimum Gasteiger partial charge on any atom is -0.302 e. The maximum Gasteiger partial charge on any atom is 0.191 e. The second-order valence-electron chi connectivity index (χ2n) is 5.54. The molecular weight excluding hydrogens is 338 g/mol. The third kappa shape index (κ3) is 3.60. The number of aryl methyl sites for hydroxylation is 2. The summed E-state index contributed by atoms with van der Waals surface area (Å²) in [4.78, 5) is 14.2. The molecule has 4 nitrogen and oxygen atoms in total. The zero-order valence-electron chi connectivity index (χ0n) is 13.9. The Kier molecular flexibility index (Phi) is 5.16. The Balaban J connectivity index is 1.78. The van der Waals surface area contributed by atoms with Crippen molar-refractivity contribution in [1.82, 2.24) is 14.8 Å². The Hall–Kier alpha value is -1.92. The summed E-state index contributed by atoms with van der Waals surface area (Å²) in [6, 6.07) is 12.1. The second kappa shape index (κ2) is 7.32. The van der Waals surface area contributed by atoms with Gasteiger partial charge in [0.1, 0.15) is 0 Å². The van der Waals surface area contributed by atoms with Gasteiger partial charge in [-0.1, -0.05) is 35.5 Å². The summed E-state index contributed by atoms with van der Waals surface area (Å²) >= 11 is 2.99. The average Bonchev–Trinajstić information content (AvgIpc) is 3.18. The lowest BCUT2D eigenvalue weighted by Gasteiger charge is -2.07. The highest BCUT2D eigenvalue weighted by Crippen LogP contribution is 2.26. The first-order valence-corrected chi connectivity index (χ1v) is 9.61. The highest BCUT2D eigenvalue weighted by atomic mass is 32.2. The first-order valence-electron chi connectivity index (χ1n) is 7.81. The highest BCUT2D eigenvalue weighted by Gasteiger charge is 2.16. The maximum atomic E-state index is 12.3. The summed E-state index contributed by atoms with van der Waals surface area (Å²) in [5.74, 6) is 1.37. The molecule has 0 unspecified atom stereocenters. The zero-order valence-corrected chi connectivity index (χ0v) is 15.6. The van der Waals surface area contributed by atoms with Gasteiger partial charge in [-0.2, -0.15) is 0 Å². The maximum absolute atomic E-state index is 12.3. The van der Waals surface area contributed by atoms with Gasteiger partial charge in [-0.3, -0.25) is 4.79 Å². The predicted octanol–water partition coefficient (Wildman–Crippen LogP) is 4.62. The molecule has 0 N–H and O–H groups in total. The molecule has 0 spiro atoms. The van der Waals surface area contributed by atoms with E-state index in [1.54, 1.807) is 0 Å². The van der Waals surface area contributed by atoms with Crippen LogP contribution in [0.5, 0.6) is 0 Å². The van der Waals surface area contributed by atoms with Gasteiger partial charge in [-0.15, -0.1) is 21.5 Å². The second-order valence-corrected chi connectivity index (χ2v) is 7.77. The molecule has 2 heterocycles. The molecule has 0 aliphatic heterocycles. The number of hydrogen-bond donors (Lipinski definition) is 0. The lowest BCUT2D eigenvalue weighted by Crippen LogP contribution is -2.04. The highest BCUT2D eigenvalue weighted by molar-refractivity contribution is 7.99. The normalized spacial score (nSPS) is 11.0. The van der Waals surface area contributed by atoms with Crippen LogP contribution in [0.1, 0.15) is 27.0 Å². The van der Waals surface area contributed by atoms with Gasteiger partial charge in [0.15, 0.2) is 16.8 Å². The predicted molar refractivity (Wildman–Crippen MR) is 100.0 cm³/mol. The first-order chi connectivity index (χ1) is 11.6. The van der Waals surface area contributed by atoms with Gasteiger partial charge in [-0.05, 0) is 39.0 Å². The quantitative estimate of drug-likeness (QED) is 0.477. The van der Waals surface area contributed by atoms with Gasteiger partial charge in [0, 0.05) is 17.0 Å². The number of thioether (sulfide) groups is 1. The molecule has 124 valence electrons. The van der Waals surface area contributed by atoms with Gasteiger partial charge in [0.05, 0.1) is 10.6 Å². The van der Waals surface area contributed by atoms with E-state index in [-0.39, 0.29) is 5.78 Å². The summed E-state index contributed by atoms with van der Waals surface area (Å²) in [6.07, 6.45) is 0. The van der Waals surface area contributed by atoms with Crippen LogP contribution in [-0.2, 0) is 6.54 Å². The molecule has 3 aromatic rings. The van der Waals surface area contributed by atoms with E-state index >= 15 is 0 Å². The number of Topliss-reactive ketones (excluding diaryl/α,β-unsaturated/α-hetero) is 1. The van der Waals surface area contributed by atoms with Crippen LogP contribution >= 0.6 is 23.1 Å². The Morgan fingerprint density at radius 2 is 2.04 bits per heavy atom. The summed E-state index contributed by atoms with van der Waals surface area (Å²) in [6.45, 7) is 6.91. The number of aromatic nitrogens is 3. The fourth-order valence-corrected chi connectivity index (χ4v) is 4.25. The van der Waals surface area contributed by atoms with Crippen molar-refractivity contribution in [3.05, 3.63) is 51.7 Å². The van der Waals surface area contributed by atoms with Crippen molar-refractivity contribution < 1.29 is 4.79 Å². The first kappa shape index (κ1) is 16.9. The van der Waals surface area contributed by atoms with E-state index in [1.807, 2.05) is 31.2 Å². The third-order valence-electron chi connectivity index (χ3n) is 3.66. The van der Waals surface area contributed by atoms with Gasteiger partial charge in [0.25, 0.3) is 0 Å². The van der Waals surface area contributed by atoms with E-state index in [4.69, 9.17) is 0 Å². The molecule has 0 aliphatic rings. The fourth-order valence-electron chi connectivity index (χ4n) is 2.46. The number of nitrogens with zero attached hydrogens (tertiary/aromatic N) is 3. The lowest BCUT2D eigenvalue weighted by molar-refractivity contribution is 0.102. The van der Waals surface area contributed by atoms with Crippen molar-refractivity contribution in [2.45, 2.75) is 32.5 Å². The number of thiophene rings is 1. The van der Waals surface area contributed by atoms with Crippen molar-refractivity contribution in [2.24, 2.45) is 0 Å². The van der Waals surface area contributed by atoms with E-state index in [0.29, 0.717) is 5.75 Å². The van der Waals surface area contributed by atoms with Crippen LogP contribution in [0.4, 0.5) is 0 Å². The van der Waals surface area contributed by atoms with E-state index in [1.165, 1.54) is 28.7 Å². The van der Waals surface area contributed by atoms with Crippen molar-refractivity contribution in [3.8, 4) is 11.4 Å². The van der Waals surface area contributed by atoms with Crippen LogP contribution < -0.4 is 0 Å². The van der Waals surface area contributed by atoms with Gasteiger partial charge < -0.3 is 4.57 Å². The van der Waals surface area contributed by atoms with Crippen LogP contribution in [-0.4, -0.2) is 26.3 Å². The number of carbonyl (C=O) groups excluding carboxylic acids is 1. The molecule has 0 fully saturated rings. The SMILES string of the molecule is CCn1c(SCC(=O)c2ccc(C)s2)nnc1-c1cccc(C)c1. The summed E-state index contributed by atoms with van der Waals surface area (Å²) in [7, 11) is 0. The molecule has 0 atom stereocenters. The summed E-state index contributed by atoms with van der Waals surface area (Å²) in [5, 5.41) is 9.42. The monoisotopic (exact) mass is 357 g/mol. The van der Waals surface area contributed by atoms with Crippen molar-refractivity contribution >= 4 is 28.9 Å². The largest absolute Gasteiger partial charge is 0.302 e. The number of hydrogen-bond acceptors (Lipinski definition) is 5. The molecule has 0 amide bonds. The molecule has 24 heavy (non-hydrogen) atoms. The van der Waals surface area contributed by atoms with E-state index in [0.717, 1.165) is 32.8 Å². The van der Waals surface area contributed by atoms with E-state index in [9.17, 15) is 4.79 Å². The minimum atomic E-state index is 0.140. The molecule has 6 heteroatoms. The van der Waals surface area contributed by atoms with Crippen LogP contribution in [0.2, 0.25) is 0 Å². The van der Waals surface area contributed by atoms with Crippen molar-refractivity contribution in [1.29, 1.82) is 0 Å². The van der Waals surface area contributed by atoms with Crippen LogP contribution in [0.25, 0.3) is 11.4 Å². The molecule has 1 aromatic carbocycles. The molecule has 0 radical (unpaired) electrons. The standard InChI is InChI=1S/C18H19N3OS2/c1-4-21-17(14-7-5-6-12(2)10-14)19-20-18(21)23-11-15(22)16-9-8-13(3)24-16/h5-10H,4,11H2,1-3H3. The van der Waals surface area contributed by atoms with Crippen LogP contribution in [0.3, 0.4) is 0 Å². The topological polar surface area (TPSA) is 47.8 Å². The molecule has 0 bridgehead atoms. The zero-order chi connectivity index (χ0) is 17.1. The average molecular weight is 358 g/mol. The minimum absolute atomic E-state index is 0.140. The van der Waals surface area contributed by atoms with Gasteiger partial charge >= 0.3 is 0 Å². The van der Waals surface area contributed by atoms with Gasteiger partial charge in [0.2, 0.25) is 0 Å². The summed E-state index contributed by atoms with van der Waals surface area (Å²) < 4.78 is 2.06. The molecule has 0 saturated heterocycles. The number of carbonyl (C=O) groups is 1. The summed E-state index contributed by atoms with van der Waals surface area (Å²) in [5.41, 5.74) is 2.24. The smallest absolute Gasteiger partial charge is 0.191 e. The molecule has 3 rings (SSSR count). The number of ketones is 1. The van der Waals surface area contributed by atoms with Crippen molar-refractivity contribution in [2.75, 3.05) is 5.75 Å². The number of benzene rings is 1. The molecule has 0 aliphatic carbocycles. The van der Waals surface area contributed by atoms with Crippen molar-refractivity contribution in [3.63, 3.8) is 0 Å². The third-order valence-corrected chi connectivity index (χ3v) is 5.67. The molecule has 2 aromatic heterocycles. The van der Waals surface area contributed by atoms with E-state index in [2.05, 4.69) is 40.7 Å². The Morgan fingerprint density at radius 3 is 2.71 bits per heavy atom. The molecular formula is C18H19N3OS2. The Morgan fingerprint density at radius 1 is 1.21 bits per heavy atom. The Labute approximate surface area is 149 Å². The van der Waals surface area contributed by atoms with E-state index < -0.39 is 0 Å². The van der Waals surface area contributed by atoms with Crippen LogP contribution in [0, 0.1) is 13.8 Å². The number of rotatable bonds is 6. The fraction of sp³-hybridized carbons (Fsp3) is 0.278. The van der Waals surface area contributed by atoms with Gasteiger partial charge in [-0.25, -0.2) is 0 Å². The molecule has 0 saturated carbocycles.